The van der Waals surface area contributed by atoms with Crippen molar-refractivity contribution in [3.63, 3.8) is 0 Å². The van der Waals surface area contributed by atoms with E-state index in [4.69, 9.17) is 19.7 Å². The Balaban J connectivity index is 1.11. The van der Waals surface area contributed by atoms with Gasteiger partial charge in [-0.25, -0.2) is 32.8 Å². The zero-order valence-electron chi connectivity index (χ0n) is 32.5. The number of imidazole rings is 1. The first-order valence-electron chi connectivity index (χ1n) is 19.6. The van der Waals surface area contributed by atoms with Gasteiger partial charge in [-0.3, -0.25) is 14.5 Å². The molecule has 8 heterocycles. The van der Waals surface area contributed by atoms with Crippen LogP contribution in [-0.4, -0.2) is 121 Å². The summed E-state index contributed by atoms with van der Waals surface area (Å²) in [6, 6.07) is 6.51. The van der Waals surface area contributed by atoms with Gasteiger partial charge < -0.3 is 29.7 Å². The molecule has 2 N–H and O–H groups in total. The molecule has 2 amide bonds. The molecule has 3 atom stereocenters. The van der Waals surface area contributed by atoms with Crippen molar-refractivity contribution in [2.24, 2.45) is 5.41 Å². The van der Waals surface area contributed by atoms with E-state index in [1.54, 1.807) is 24.2 Å². The van der Waals surface area contributed by atoms with E-state index in [-0.39, 0.29) is 53.6 Å². The number of carbonyl (C=O) groups is 2. The molecule has 59 heavy (non-hydrogen) atoms. The molecule has 3 saturated heterocycles. The molecule has 4 aliphatic rings. The van der Waals surface area contributed by atoms with Crippen LogP contribution in [0.1, 0.15) is 25.6 Å². The molecular formula is C40H40F3N13O3. The van der Waals surface area contributed by atoms with Crippen LogP contribution in [0.3, 0.4) is 0 Å². The molecule has 304 valence electrons. The minimum atomic E-state index is -0.857. The molecule has 4 aliphatic heterocycles. The van der Waals surface area contributed by atoms with Crippen LogP contribution < -0.4 is 20.4 Å². The van der Waals surface area contributed by atoms with Crippen molar-refractivity contribution >= 4 is 51.6 Å². The van der Waals surface area contributed by atoms with Crippen LogP contribution in [0.5, 0.6) is 0 Å². The first-order chi connectivity index (χ1) is 28.5. The summed E-state index contributed by atoms with van der Waals surface area (Å²) in [5.41, 5.74) is 2.04. The van der Waals surface area contributed by atoms with Crippen molar-refractivity contribution in [1.29, 1.82) is 0 Å². The Morgan fingerprint density at radius 1 is 0.983 bits per heavy atom. The van der Waals surface area contributed by atoms with Crippen molar-refractivity contribution in [2.45, 2.75) is 51.4 Å². The number of anilines is 3. The van der Waals surface area contributed by atoms with Crippen molar-refractivity contribution in [2.75, 3.05) is 61.5 Å². The summed E-state index contributed by atoms with van der Waals surface area (Å²) >= 11 is 0. The second-order valence-corrected chi connectivity index (χ2v) is 15.9. The average Bonchev–Trinajstić information content (AvgIpc) is 3.97. The summed E-state index contributed by atoms with van der Waals surface area (Å²) in [7, 11) is 1.72. The number of nitrogens with zero attached hydrogens (tertiary/aromatic N) is 11. The van der Waals surface area contributed by atoms with Gasteiger partial charge in [0.1, 0.15) is 35.0 Å². The van der Waals surface area contributed by atoms with E-state index in [1.165, 1.54) is 34.0 Å². The Bertz CT molecular complexity index is 2680. The van der Waals surface area contributed by atoms with Gasteiger partial charge in [-0.1, -0.05) is 0 Å². The summed E-state index contributed by atoms with van der Waals surface area (Å²) in [6.45, 7) is 6.58. The Hall–Kier alpha value is -6.21. The third-order valence-corrected chi connectivity index (χ3v) is 11.9. The highest BCUT2D eigenvalue weighted by Crippen LogP contribution is 2.40. The molecule has 4 bridgehead atoms. The number of aromatic nitrogens is 8. The van der Waals surface area contributed by atoms with Gasteiger partial charge in [-0.2, -0.15) is 15.1 Å². The number of nitrogens with one attached hydrogen (secondary N) is 2. The highest BCUT2D eigenvalue weighted by molar-refractivity contribution is 5.98. The van der Waals surface area contributed by atoms with E-state index in [0.29, 0.717) is 84.9 Å². The SMILES string of the molecule is CCO[C@H]1CN(C)C(=O)[C@@H]2CC(CN2c2nc(N3CC4(CNC4)CC3=O)nc3c2cnn3-c2ccc(F)cc2F)Nc2nccc(n2)-c2cc(F)cc3nc(C)n(c23)C1. The van der Waals surface area contributed by atoms with Gasteiger partial charge in [0, 0.05) is 88.1 Å². The van der Waals surface area contributed by atoms with Gasteiger partial charge in [0.25, 0.3) is 0 Å². The smallest absolute Gasteiger partial charge is 0.245 e. The van der Waals surface area contributed by atoms with Gasteiger partial charge in [-0.15, -0.1) is 0 Å². The predicted octanol–water partition coefficient (Wildman–Crippen LogP) is 3.61. The largest absolute Gasteiger partial charge is 0.375 e. The Morgan fingerprint density at radius 2 is 1.83 bits per heavy atom. The number of likely N-dealkylation sites (N-methyl/N-ethyl adjacent to an activating group) is 1. The van der Waals surface area contributed by atoms with E-state index in [1.807, 2.05) is 23.3 Å². The Kier molecular flexibility index (Phi) is 8.78. The molecule has 10 rings (SSSR count). The Labute approximate surface area is 335 Å². The molecule has 0 radical (unpaired) electrons. The third kappa shape index (κ3) is 6.30. The standard InChI is InChI=1S/C40H40F3N13O3/c1-4-59-25-16-52(3)37(58)32-12-24(48-38-45-8-7-29(49-38)26-9-23(42)11-30-34(26)53(17-25)21(2)47-30)15-54(32)35-27-14-46-56(31-6-5-22(41)10-28(31)43)36(27)51-39(50-35)55-20-40(13-33(55)57)18-44-19-40/h5-11,14,24-25,32,44H,4,12-13,15-20H2,1-3H3,(H,45,48,49)/t24?,25-,32-/m0/s1. The van der Waals surface area contributed by atoms with E-state index >= 15 is 8.78 Å². The molecule has 1 spiro atoms. The van der Waals surface area contributed by atoms with Crippen LogP contribution >= 0.6 is 0 Å². The lowest BCUT2D eigenvalue weighted by Crippen LogP contribution is -2.54. The minimum absolute atomic E-state index is 0.0509. The second kappa shape index (κ2) is 14.0. The number of amides is 2. The predicted molar refractivity (Wildman–Crippen MR) is 211 cm³/mol. The van der Waals surface area contributed by atoms with E-state index in [9.17, 15) is 14.0 Å². The molecule has 0 aliphatic carbocycles. The fraction of sp³-hybridized carbons (Fsp3) is 0.400. The number of fused-ring (bicyclic) bond motifs is 6. The van der Waals surface area contributed by atoms with Gasteiger partial charge in [0.15, 0.2) is 11.5 Å². The number of hydrogen-bond acceptors (Lipinski definition) is 12. The number of aryl methyl sites for hydroxylation is 1. The quantitative estimate of drug-likeness (QED) is 0.261. The summed E-state index contributed by atoms with van der Waals surface area (Å²) in [5, 5.41) is 11.6. The third-order valence-electron chi connectivity index (χ3n) is 11.9. The second-order valence-electron chi connectivity index (χ2n) is 15.9. The number of hydrogen-bond donors (Lipinski definition) is 2. The van der Waals surface area contributed by atoms with Crippen molar-refractivity contribution in [1.82, 2.24) is 49.5 Å². The number of carbonyl (C=O) groups excluding carboxylic acids is 2. The zero-order valence-corrected chi connectivity index (χ0v) is 32.5. The number of rotatable bonds is 5. The Morgan fingerprint density at radius 3 is 2.59 bits per heavy atom. The minimum Gasteiger partial charge on any atom is -0.375 e. The summed E-state index contributed by atoms with van der Waals surface area (Å²) in [4.78, 5) is 57.3. The molecular weight excluding hydrogens is 768 g/mol. The molecule has 2 aromatic carbocycles. The van der Waals surface area contributed by atoms with E-state index < -0.39 is 35.6 Å². The van der Waals surface area contributed by atoms with Gasteiger partial charge in [-0.05, 0) is 44.5 Å². The lowest BCUT2D eigenvalue weighted by atomic mass is 9.81. The molecule has 19 heteroatoms. The van der Waals surface area contributed by atoms with Crippen LogP contribution in [-0.2, 0) is 20.9 Å². The van der Waals surface area contributed by atoms with Gasteiger partial charge in [0.2, 0.25) is 23.7 Å². The van der Waals surface area contributed by atoms with Crippen LogP contribution in [0.2, 0.25) is 0 Å². The van der Waals surface area contributed by atoms with Crippen LogP contribution in [0.4, 0.5) is 30.9 Å². The molecule has 0 saturated carbocycles. The zero-order chi connectivity index (χ0) is 40.7. The number of benzene rings is 2. The molecule has 6 aromatic rings. The van der Waals surface area contributed by atoms with Gasteiger partial charge >= 0.3 is 0 Å². The maximum atomic E-state index is 15.4. The van der Waals surface area contributed by atoms with Gasteiger partial charge in [0.05, 0.1) is 41.0 Å². The highest BCUT2D eigenvalue weighted by atomic mass is 19.1. The average molecular weight is 808 g/mol. The highest BCUT2D eigenvalue weighted by Gasteiger charge is 2.49. The lowest BCUT2D eigenvalue weighted by molar-refractivity contribution is -0.133. The summed E-state index contributed by atoms with van der Waals surface area (Å²) < 4.78 is 54.1. The van der Waals surface area contributed by atoms with Crippen LogP contribution in [0, 0.1) is 29.8 Å². The van der Waals surface area contributed by atoms with Crippen molar-refractivity contribution in [3.8, 4) is 16.9 Å². The molecule has 3 fully saturated rings. The van der Waals surface area contributed by atoms with E-state index in [0.717, 1.165) is 12.1 Å². The first-order valence-corrected chi connectivity index (χ1v) is 19.6. The van der Waals surface area contributed by atoms with Crippen LogP contribution in [0.25, 0.3) is 39.0 Å². The molecule has 16 nitrogen and oxygen atoms in total. The van der Waals surface area contributed by atoms with Crippen LogP contribution in [0.15, 0.2) is 48.8 Å². The monoisotopic (exact) mass is 807 g/mol. The topological polar surface area (TPSA) is 164 Å². The molecule has 4 aromatic heterocycles. The summed E-state index contributed by atoms with van der Waals surface area (Å²) in [6.07, 6.45) is 3.21. The fourth-order valence-corrected chi connectivity index (χ4v) is 9.04. The first kappa shape index (κ1) is 37.1. The molecule has 1 unspecified atom stereocenters. The maximum absolute atomic E-state index is 15.4. The van der Waals surface area contributed by atoms with E-state index in [2.05, 4.69) is 25.7 Å². The maximum Gasteiger partial charge on any atom is 0.245 e. The normalized spacial score (nSPS) is 21.7. The lowest BCUT2D eigenvalue weighted by Gasteiger charge is -2.38. The van der Waals surface area contributed by atoms with Crippen molar-refractivity contribution < 1.29 is 27.5 Å². The van der Waals surface area contributed by atoms with Crippen molar-refractivity contribution in [3.05, 3.63) is 72.1 Å². The summed E-state index contributed by atoms with van der Waals surface area (Å²) in [5.74, 6) is -1.13. The number of halogens is 3. The number of ether oxygens (including phenoxy) is 1. The fourth-order valence-electron chi connectivity index (χ4n) is 9.04.